The van der Waals surface area contributed by atoms with Gasteiger partial charge in [0.1, 0.15) is 0 Å². The predicted molar refractivity (Wildman–Crippen MR) is 57.2 cm³/mol. The summed E-state index contributed by atoms with van der Waals surface area (Å²) in [6.07, 6.45) is 0.942. The molecule has 1 fully saturated rings. The van der Waals surface area contributed by atoms with Crippen molar-refractivity contribution in [1.29, 1.82) is 0 Å². The van der Waals surface area contributed by atoms with E-state index >= 15 is 0 Å². The standard InChI is InChI=1S/C10H16N2OS/c1-8(13)9-2-3-12(4-9)5-10-6-14-7-11-10/h6-9,13H,2-5H2,1H3. The lowest BCUT2D eigenvalue weighted by Crippen LogP contribution is -2.24. The molecule has 1 aliphatic heterocycles. The first-order chi connectivity index (χ1) is 6.75. The summed E-state index contributed by atoms with van der Waals surface area (Å²) in [5.74, 6) is 0.452. The molecule has 0 aliphatic carbocycles. The second-order valence-electron chi connectivity index (χ2n) is 4.00. The number of aliphatic hydroxyl groups excluding tert-OH is 1. The Balaban J connectivity index is 1.84. The van der Waals surface area contributed by atoms with Crippen LogP contribution in [0.2, 0.25) is 0 Å². The van der Waals surface area contributed by atoms with Crippen LogP contribution in [0.5, 0.6) is 0 Å². The fraction of sp³-hybridized carbons (Fsp3) is 0.700. The average Bonchev–Trinajstić information content (AvgIpc) is 2.75. The van der Waals surface area contributed by atoms with Gasteiger partial charge in [-0.2, -0.15) is 0 Å². The van der Waals surface area contributed by atoms with E-state index in [1.165, 1.54) is 0 Å². The van der Waals surface area contributed by atoms with Gasteiger partial charge in [0, 0.05) is 18.5 Å². The quantitative estimate of drug-likeness (QED) is 0.821. The summed E-state index contributed by atoms with van der Waals surface area (Å²) in [6, 6.07) is 0. The van der Waals surface area contributed by atoms with Crippen molar-refractivity contribution in [3.8, 4) is 0 Å². The molecule has 1 aromatic heterocycles. The smallest absolute Gasteiger partial charge is 0.0795 e. The van der Waals surface area contributed by atoms with Gasteiger partial charge in [0.25, 0.3) is 0 Å². The van der Waals surface area contributed by atoms with Gasteiger partial charge < -0.3 is 5.11 Å². The van der Waals surface area contributed by atoms with Gasteiger partial charge in [-0.05, 0) is 25.8 Å². The average molecular weight is 212 g/mol. The third-order valence-corrected chi connectivity index (χ3v) is 3.50. The first-order valence-corrected chi connectivity index (χ1v) is 5.97. The molecule has 1 saturated heterocycles. The van der Waals surface area contributed by atoms with E-state index in [4.69, 9.17) is 0 Å². The van der Waals surface area contributed by atoms with E-state index in [0.29, 0.717) is 5.92 Å². The summed E-state index contributed by atoms with van der Waals surface area (Å²) >= 11 is 1.64. The molecule has 0 bridgehead atoms. The number of aliphatic hydroxyl groups is 1. The van der Waals surface area contributed by atoms with Crippen LogP contribution < -0.4 is 0 Å². The van der Waals surface area contributed by atoms with Crippen LogP contribution in [-0.4, -0.2) is 34.2 Å². The van der Waals surface area contributed by atoms with E-state index in [0.717, 1.165) is 31.7 Å². The number of thiazole rings is 1. The van der Waals surface area contributed by atoms with Crippen LogP contribution in [-0.2, 0) is 6.54 Å². The second-order valence-corrected chi connectivity index (χ2v) is 4.72. The number of hydrogen-bond donors (Lipinski definition) is 1. The van der Waals surface area contributed by atoms with Gasteiger partial charge >= 0.3 is 0 Å². The number of rotatable bonds is 3. The summed E-state index contributed by atoms with van der Waals surface area (Å²) in [6.45, 7) is 4.92. The summed E-state index contributed by atoms with van der Waals surface area (Å²) in [5.41, 5.74) is 3.03. The van der Waals surface area contributed by atoms with Crippen molar-refractivity contribution >= 4 is 11.3 Å². The largest absolute Gasteiger partial charge is 0.393 e. The van der Waals surface area contributed by atoms with Gasteiger partial charge in [0.05, 0.1) is 17.3 Å². The van der Waals surface area contributed by atoms with Crippen LogP contribution >= 0.6 is 11.3 Å². The Morgan fingerprint density at radius 1 is 1.79 bits per heavy atom. The highest BCUT2D eigenvalue weighted by atomic mass is 32.1. The number of likely N-dealkylation sites (tertiary alicyclic amines) is 1. The summed E-state index contributed by atoms with van der Waals surface area (Å²) < 4.78 is 0. The highest BCUT2D eigenvalue weighted by molar-refractivity contribution is 7.07. The molecule has 2 atom stereocenters. The van der Waals surface area contributed by atoms with Crippen LogP contribution in [0.1, 0.15) is 19.0 Å². The van der Waals surface area contributed by atoms with Gasteiger partial charge in [-0.15, -0.1) is 11.3 Å². The maximum absolute atomic E-state index is 9.46. The predicted octanol–water partition coefficient (Wildman–Crippen LogP) is 1.35. The minimum Gasteiger partial charge on any atom is -0.393 e. The van der Waals surface area contributed by atoms with Crippen molar-refractivity contribution in [2.75, 3.05) is 13.1 Å². The Morgan fingerprint density at radius 3 is 3.21 bits per heavy atom. The number of hydrogen-bond acceptors (Lipinski definition) is 4. The highest BCUT2D eigenvalue weighted by Gasteiger charge is 2.25. The van der Waals surface area contributed by atoms with E-state index in [2.05, 4.69) is 15.3 Å². The lowest BCUT2D eigenvalue weighted by molar-refractivity contribution is 0.127. The summed E-state index contributed by atoms with van der Waals surface area (Å²) in [7, 11) is 0. The van der Waals surface area contributed by atoms with Gasteiger partial charge in [0.2, 0.25) is 0 Å². The Morgan fingerprint density at radius 2 is 2.64 bits per heavy atom. The van der Waals surface area contributed by atoms with Crippen molar-refractivity contribution in [3.63, 3.8) is 0 Å². The van der Waals surface area contributed by atoms with Gasteiger partial charge in [-0.25, -0.2) is 4.98 Å². The fourth-order valence-electron chi connectivity index (χ4n) is 1.94. The maximum atomic E-state index is 9.46. The third kappa shape index (κ3) is 2.32. The van der Waals surface area contributed by atoms with E-state index < -0.39 is 0 Å². The van der Waals surface area contributed by atoms with Crippen molar-refractivity contribution < 1.29 is 5.11 Å². The molecule has 1 aliphatic rings. The van der Waals surface area contributed by atoms with Crippen molar-refractivity contribution in [3.05, 3.63) is 16.6 Å². The first-order valence-electron chi connectivity index (χ1n) is 5.03. The molecule has 14 heavy (non-hydrogen) atoms. The molecule has 1 N–H and O–H groups in total. The topological polar surface area (TPSA) is 36.4 Å². The summed E-state index contributed by atoms with van der Waals surface area (Å²) in [4.78, 5) is 6.63. The molecule has 2 rings (SSSR count). The minimum atomic E-state index is -0.171. The van der Waals surface area contributed by atoms with Crippen molar-refractivity contribution in [1.82, 2.24) is 9.88 Å². The number of aromatic nitrogens is 1. The molecule has 0 spiro atoms. The van der Waals surface area contributed by atoms with Crippen LogP contribution in [0.4, 0.5) is 0 Å². The Bertz CT molecular complexity index is 274. The lowest BCUT2D eigenvalue weighted by Gasteiger charge is -2.15. The van der Waals surface area contributed by atoms with Gasteiger partial charge in [0.15, 0.2) is 0 Å². The Labute approximate surface area is 88.4 Å². The molecule has 0 amide bonds. The van der Waals surface area contributed by atoms with Crippen molar-refractivity contribution in [2.45, 2.75) is 26.0 Å². The molecule has 0 aromatic carbocycles. The van der Waals surface area contributed by atoms with Crippen LogP contribution in [0.3, 0.4) is 0 Å². The highest BCUT2D eigenvalue weighted by Crippen LogP contribution is 2.21. The Kier molecular flexibility index (Phi) is 3.15. The van der Waals surface area contributed by atoms with Gasteiger partial charge in [-0.3, -0.25) is 4.90 Å². The van der Waals surface area contributed by atoms with Crippen molar-refractivity contribution in [2.24, 2.45) is 5.92 Å². The van der Waals surface area contributed by atoms with E-state index in [1.807, 2.05) is 12.4 Å². The zero-order chi connectivity index (χ0) is 9.97. The third-order valence-electron chi connectivity index (χ3n) is 2.86. The maximum Gasteiger partial charge on any atom is 0.0795 e. The molecule has 0 saturated carbocycles. The fourth-order valence-corrected chi connectivity index (χ4v) is 2.49. The SMILES string of the molecule is CC(O)C1CCN(Cc2cscn2)C1. The van der Waals surface area contributed by atoms with Crippen LogP contribution in [0.15, 0.2) is 10.9 Å². The van der Waals surface area contributed by atoms with E-state index in [9.17, 15) is 5.11 Å². The lowest BCUT2D eigenvalue weighted by atomic mass is 10.0. The first kappa shape index (κ1) is 10.1. The molecular formula is C10H16N2OS. The molecule has 2 unspecified atom stereocenters. The van der Waals surface area contributed by atoms with Crippen LogP contribution in [0, 0.1) is 5.92 Å². The molecule has 3 nitrogen and oxygen atoms in total. The van der Waals surface area contributed by atoms with E-state index in [1.54, 1.807) is 11.3 Å². The second kappa shape index (κ2) is 4.38. The molecule has 78 valence electrons. The normalized spacial score (nSPS) is 25.4. The molecule has 1 aromatic rings. The number of nitrogens with zero attached hydrogens (tertiary/aromatic N) is 2. The monoisotopic (exact) mass is 212 g/mol. The molecule has 0 radical (unpaired) electrons. The van der Waals surface area contributed by atoms with Gasteiger partial charge in [-0.1, -0.05) is 0 Å². The Hall–Kier alpha value is -0.450. The zero-order valence-corrected chi connectivity index (χ0v) is 9.20. The van der Waals surface area contributed by atoms with Crippen LogP contribution in [0.25, 0.3) is 0 Å². The summed E-state index contributed by atoms with van der Waals surface area (Å²) in [5, 5.41) is 11.5. The molecule has 4 heteroatoms. The zero-order valence-electron chi connectivity index (χ0n) is 8.39. The molecule has 2 heterocycles. The molecular weight excluding hydrogens is 196 g/mol. The minimum absolute atomic E-state index is 0.171. The van der Waals surface area contributed by atoms with E-state index in [-0.39, 0.29) is 6.10 Å².